The van der Waals surface area contributed by atoms with Crippen LogP contribution < -0.4 is 10.6 Å². The molecule has 126 valence electrons. The van der Waals surface area contributed by atoms with Crippen LogP contribution in [0.2, 0.25) is 0 Å². The lowest BCUT2D eigenvalue weighted by Crippen LogP contribution is -2.49. The Morgan fingerprint density at radius 3 is 2.91 bits per heavy atom. The molecular weight excluding hydrogens is 297 g/mol. The van der Waals surface area contributed by atoms with E-state index < -0.39 is 0 Å². The zero-order chi connectivity index (χ0) is 16.8. The highest BCUT2D eigenvalue weighted by Gasteiger charge is 2.28. The van der Waals surface area contributed by atoms with Gasteiger partial charge < -0.3 is 15.5 Å². The van der Waals surface area contributed by atoms with E-state index in [0.29, 0.717) is 19.6 Å². The van der Waals surface area contributed by atoms with E-state index in [1.807, 2.05) is 13.8 Å². The van der Waals surface area contributed by atoms with E-state index in [-0.39, 0.29) is 29.7 Å². The van der Waals surface area contributed by atoms with E-state index >= 15 is 0 Å². The number of piperidine rings is 1. The van der Waals surface area contributed by atoms with Crippen molar-refractivity contribution >= 4 is 11.9 Å². The third-order valence-electron chi connectivity index (χ3n) is 4.12. The molecule has 1 heterocycles. The Balaban J connectivity index is 1.93. The normalized spacial score (nSPS) is 19.1. The molecule has 1 saturated heterocycles. The van der Waals surface area contributed by atoms with Crippen molar-refractivity contribution < 1.29 is 14.0 Å². The highest BCUT2D eigenvalue weighted by molar-refractivity contribution is 5.80. The first-order valence-corrected chi connectivity index (χ1v) is 8.10. The highest BCUT2D eigenvalue weighted by Crippen LogP contribution is 2.18. The third-order valence-corrected chi connectivity index (χ3v) is 4.12. The molecule has 3 amide bonds. The van der Waals surface area contributed by atoms with Gasteiger partial charge in [0.15, 0.2) is 0 Å². The van der Waals surface area contributed by atoms with Gasteiger partial charge in [0.25, 0.3) is 0 Å². The smallest absolute Gasteiger partial charge is 0.317 e. The number of hydrogen-bond acceptors (Lipinski definition) is 2. The summed E-state index contributed by atoms with van der Waals surface area (Å²) >= 11 is 0. The summed E-state index contributed by atoms with van der Waals surface area (Å²) in [5.41, 5.74) is 0.718. The largest absolute Gasteiger partial charge is 0.356 e. The van der Waals surface area contributed by atoms with Crippen molar-refractivity contribution in [2.75, 3.05) is 19.6 Å². The molecule has 0 aromatic heterocycles. The van der Waals surface area contributed by atoms with Gasteiger partial charge in [0, 0.05) is 19.6 Å². The first-order valence-electron chi connectivity index (χ1n) is 8.10. The molecule has 1 fully saturated rings. The van der Waals surface area contributed by atoms with Crippen LogP contribution in [0, 0.1) is 11.7 Å². The number of rotatable bonds is 4. The molecule has 0 unspecified atom stereocenters. The van der Waals surface area contributed by atoms with Crippen LogP contribution in [0.5, 0.6) is 0 Å². The van der Waals surface area contributed by atoms with Crippen molar-refractivity contribution in [3.63, 3.8) is 0 Å². The second kappa shape index (κ2) is 7.94. The van der Waals surface area contributed by atoms with Gasteiger partial charge in [-0.1, -0.05) is 12.1 Å². The molecule has 0 radical (unpaired) electrons. The van der Waals surface area contributed by atoms with Gasteiger partial charge in [-0.2, -0.15) is 0 Å². The van der Waals surface area contributed by atoms with Gasteiger partial charge in [-0.15, -0.1) is 0 Å². The molecule has 23 heavy (non-hydrogen) atoms. The molecule has 5 nitrogen and oxygen atoms in total. The van der Waals surface area contributed by atoms with Gasteiger partial charge >= 0.3 is 6.03 Å². The number of carbonyl (C=O) groups is 2. The van der Waals surface area contributed by atoms with Crippen LogP contribution in [0.4, 0.5) is 9.18 Å². The Hall–Kier alpha value is -2.11. The Morgan fingerprint density at radius 1 is 1.43 bits per heavy atom. The molecule has 1 aliphatic rings. The average Bonchev–Trinajstić information content (AvgIpc) is 2.55. The maximum absolute atomic E-state index is 13.3. The van der Waals surface area contributed by atoms with Gasteiger partial charge in [0.2, 0.25) is 5.91 Å². The molecule has 1 aromatic carbocycles. The number of urea groups is 1. The lowest BCUT2D eigenvalue weighted by molar-refractivity contribution is -0.126. The Morgan fingerprint density at radius 2 is 2.22 bits per heavy atom. The number of carbonyl (C=O) groups excluding carboxylic acids is 2. The first kappa shape index (κ1) is 17.2. The van der Waals surface area contributed by atoms with Crippen LogP contribution in [0.3, 0.4) is 0 Å². The van der Waals surface area contributed by atoms with Gasteiger partial charge in [-0.3, -0.25) is 4.79 Å². The number of amides is 3. The Bertz CT molecular complexity index is 565. The van der Waals surface area contributed by atoms with Crippen LogP contribution >= 0.6 is 0 Å². The summed E-state index contributed by atoms with van der Waals surface area (Å²) in [4.78, 5) is 26.0. The number of nitrogens with zero attached hydrogens (tertiary/aromatic N) is 1. The van der Waals surface area contributed by atoms with E-state index in [4.69, 9.17) is 0 Å². The molecule has 1 aromatic rings. The monoisotopic (exact) mass is 321 g/mol. The maximum atomic E-state index is 13.3. The second-order valence-electron chi connectivity index (χ2n) is 5.91. The molecule has 6 heteroatoms. The minimum absolute atomic E-state index is 0.00294. The van der Waals surface area contributed by atoms with Crippen LogP contribution in [0.25, 0.3) is 0 Å². The minimum Gasteiger partial charge on any atom is -0.356 e. The van der Waals surface area contributed by atoms with Crippen molar-refractivity contribution in [2.45, 2.75) is 32.7 Å². The summed E-state index contributed by atoms with van der Waals surface area (Å²) in [6, 6.07) is 5.69. The molecule has 2 rings (SSSR count). The molecule has 0 spiro atoms. The van der Waals surface area contributed by atoms with Gasteiger partial charge in [0.05, 0.1) is 12.0 Å². The fourth-order valence-corrected chi connectivity index (χ4v) is 2.83. The zero-order valence-electron chi connectivity index (χ0n) is 13.6. The molecule has 2 atom stereocenters. The van der Waals surface area contributed by atoms with Crippen LogP contribution in [-0.2, 0) is 4.79 Å². The SMILES string of the molecule is CCNC(=O)[C@@H]1CCCN(C(=O)N[C@@H](C)c2cccc(F)c2)C1. The number of likely N-dealkylation sites (tertiary alicyclic amines) is 1. The molecule has 0 aliphatic carbocycles. The average molecular weight is 321 g/mol. The fraction of sp³-hybridized carbons (Fsp3) is 0.529. The maximum Gasteiger partial charge on any atom is 0.317 e. The second-order valence-corrected chi connectivity index (χ2v) is 5.91. The highest BCUT2D eigenvalue weighted by atomic mass is 19.1. The number of benzene rings is 1. The minimum atomic E-state index is -0.321. The number of halogens is 1. The number of hydrogen-bond donors (Lipinski definition) is 2. The van der Waals surface area contributed by atoms with E-state index in [1.54, 1.807) is 17.0 Å². The lowest BCUT2D eigenvalue weighted by atomic mass is 9.97. The quantitative estimate of drug-likeness (QED) is 0.895. The molecule has 0 bridgehead atoms. The Kier molecular flexibility index (Phi) is 5.96. The summed E-state index contributed by atoms with van der Waals surface area (Å²) in [5.74, 6) is -0.472. The molecular formula is C17H24FN3O2. The van der Waals surface area contributed by atoms with Gasteiger partial charge in [-0.05, 0) is 44.4 Å². The van der Waals surface area contributed by atoms with Crippen LogP contribution in [0.15, 0.2) is 24.3 Å². The topological polar surface area (TPSA) is 61.4 Å². The summed E-state index contributed by atoms with van der Waals surface area (Å²) in [6.07, 6.45) is 1.61. The summed E-state index contributed by atoms with van der Waals surface area (Å²) in [6.45, 7) is 5.35. The van der Waals surface area contributed by atoms with E-state index in [0.717, 1.165) is 18.4 Å². The van der Waals surface area contributed by atoms with Crippen molar-refractivity contribution in [3.05, 3.63) is 35.6 Å². The first-order chi connectivity index (χ1) is 11.0. The van der Waals surface area contributed by atoms with E-state index in [1.165, 1.54) is 12.1 Å². The van der Waals surface area contributed by atoms with Crippen molar-refractivity contribution in [3.8, 4) is 0 Å². The molecule has 2 N–H and O–H groups in total. The summed E-state index contributed by atoms with van der Waals surface area (Å²) < 4.78 is 13.3. The predicted octanol–water partition coefficient (Wildman–Crippen LogP) is 2.44. The predicted molar refractivity (Wildman–Crippen MR) is 86.3 cm³/mol. The lowest BCUT2D eigenvalue weighted by Gasteiger charge is -2.33. The van der Waals surface area contributed by atoms with Crippen LogP contribution in [-0.4, -0.2) is 36.5 Å². The van der Waals surface area contributed by atoms with Crippen molar-refractivity contribution in [1.29, 1.82) is 0 Å². The van der Waals surface area contributed by atoms with Crippen LogP contribution in [0.1, 0.15) is 38.3 Å². The van der Waals surface area contributed by atoms with Crippen molar-refractivity contribution in [1.82, 2.24) is 15.5 Å². The summed E-state index contributed by atoms with van der Waals surface area (Å²) in [7, 11) is 0. The van der Waals surface area contributed by atoms with Gasteiger partial charge in [-0.25, -0.2) is 9.18 Å². The molecule has 1 aliphatic heterocycles. The standard InChI is InChI=1S/C17H24FN3O2/c1-3-19-16(22)14-7-5-9-21(11-14)17(23)20-12(2)13-6-4-8-15(18)10-13/h4,6,8,10,12,14H,3,5,7,9,11H2,1-2H3,(H,19,22)(H,20,23)/t12-,14+/m0/s1. The Labute approximate surface area is 136 Å². The zero-order valence-corrected chi connectivity index (χ0v) is 13.6. The summed E-state index contributed by atoms with van der Waals surface area (Å²) in [5, 5.41) is 5.68. The van der Waals surface area contributed by atoms with Gasteiger partial charge in [0.1, 0.15) is 5.82 Å². The van der Waals surface area contributed by atoms with Crippen molar-refractivity contribution in [2.24, 2.45) is 5.92 Å². The number of nitrogens with one attached hydrogen (secondary N) is 2. The third kappa shape index (κ3) is 4.68. The fourth-order valence-electron chi connectivity index (χ4n) is 2.83. The molecule has 0 saturated carbocycles. The van der Waals surface area contributed by atoms with E-state index in [9.17, 15) is 14.0 Å². The van der Waals surface area contributed by atoms with E-state index in [2.05, 4.69) is 10.6 Å².